The number of likely N-dealkylation sites (tertiary alicyclic amines) is 1. The molecule has 1 aliphatic carbocycles. The third-order valence-corrected chi connectivity index (χ3v) is 4.51. The van der Waals surface area contributed by atoms with Gasteiger partial charge in [0.05, 0.1) is 7.11 Å². The summed E-state index contributed by atoms with van der Waals surface area (Å²) in [4.78, 5) is 2.60. The summed E-state index contributed by atoms with van der Waals surface area (Å²) in [5.41, 5.74) is 2.67. The Kier molecular flexibility index (Phi) is 3.97. The summed E-state index contributed by atoms with van der Waals surface area (Å²) in [6.07, 6.45) is 8.77. The molecule has 20 heavy (non-hydrogen) atoms. The maximum atomic E-state index is 9.67. The summed E-state index contributed by atoms with van der Waals surface area (Å²) < 4.78 is 5.19. The van der Waals surface area contributed by atoms with Crippen molar-refractivity contribution in [1.82, 2.24) is 4.90 Å². The molecule has 1 aliphatic heterocycles. The number of hydrogen-bond donors (Lipinski definition) is 1. The Hall–Kier alpha value is -1.48. The summed E-state index contributed by atoms with van der Waals surface area (Å²) in [6.45, 7) is 2.50. The molecule has 0 aromatic heterocycles. The molecule has 1 heterocycles. The van der Waals surface area contributed by atoms with Crippen molar-refractivity contribution < 1.29 is 9.84 Å². The Morgan fingerprint density at radius 3 is 2.80 bits per heavy atom. The zero-order valence-corrected chi connectivity index (χ0v) is 12.1. The monoisotopic (exact) mass is 273 g/mol. The zero-order chi connectivity index (χ0) is 13.9. The molecular weight excluding hydrogens is 250 g/mol. The van der Waals surface area contributed by atoms with Gasteiger partial charge < -0.3 is 9.84 Å². The molecule has 1 unspecified atom stereocenters. The topological polar surface area (TPSA) is 32.7 Å². The van der Waals surface area contributed by atoms with Gasteiger partial charge in [0.15, 0.2) is 11.5 Å². The average Bonchev–Trinajstić information content (AvgIpc) is 2.41. The van der Waals surface area contributed by atoms with Crippen LogP contribution >= 0.6 is 0 Å². The van der Waals surface area contributed by atoms with Crippen LogP contribution in [0.25, 0.3) is 6.08 Å². The van der Waals surface area contributed by atoms with Crippen LogP contribution in [0, 0.1) is 0 Å². The van der Waals surface area contributed by atoms with Crippen LogP contribution in [0.15, 0.2) is 23.8 Å². The molecule has 3 nitrogen and oxygen atoms in total. The molecule has 0 amide bonds. The quantitative estimate of drug-likeness (QED) is 0.915. The van der Waals surface area contributed by atoms with E-state index < -0.39 is 0 Å². The van der Waals surface area contributed by atoms with Gasteiger partial charge >= 0.3 is 0 Å². The van der Waals surface area contributed by atoms with E-state index in [1.165, 1.54) is 45.2 Å². The summed E-state index contributed by atoms with van der Waals surface area (Å²) in [5, 5.41) is 9.67. The van der Waals surface area contributed by atoms with E-state index in [4.69, 9.17) is 4.74 Å². The molecule has 3 rings (SSSR count). The van der Waals surface area contributed by atoms with Gasteiger partial charge in [0.1, 0.15) is 0 Å². The third-order valence-electron chi connectivity index (χ3n) is 4.51. The molecule has 0 radical (unpaired) electrons. The van der Waals surface area contributed by atoms with Gasteiger partial charge in [-0.2, -0.15) is 0 Å². The van der Waals surface area contributed by atoms with Crippen LogP contribution in [-0.2, 0) is 0 Å². The SMILES string of the molecule is COc1cc(/C=C2/CCCCC2N2CCC2)ccc1O. The molecule has 1 aromatic carbocycles. The van der Waals surface area contributed by atoms with Crippen molar-refractivity contribution in [1.29, 1.82) is 0 Å². The predicted octanol–water partition coefficient (Wildman–Crippen LogP) is 3.43. The first-order valence-corrected chi connectivity index (χ1v) is 7.59. The van der Waals surface area contributed by atoms with Crippen molar-refractivity contribution in [2.75, 3.05) is 20.2 Å². The Balaban J connectivity index is 1.84. The van der Waals surface area contributed by atoms with E-state index in [9.17, 15) is 5.11 Å². The van der Waals surface area contributed by atoms with Crippen molar-refractivity contribution in [3.05, 3.63) is 29.3 Å². The third kappa shape index (κ3) is 2.68. The molecule has 1 atom stereocenters. The molecule has 0 bridgehead atoms. The summed E-state index contributed by atoms with van der Waals surface area (Å²) in [7, 11) is 1.59. The minimum atomic E-state index is 0.206. The molecule has 1 N–H and O–H groups in total. The standard InChI is InChI=1S/C17H23NO2/c1-20-17-12-13(7-8-16(17)19)11-14-5-2-3-6-15(14)18-9-4-10-18/h7-8,11-12,15,19H,2-6,9-10H2,1H3/b14-11-. The number of phenols is 1. The van der Waals surface area contributed by atoms with Gasteiger partial charge in [-0.25, -0.2) is 0 Å². The van der Waals surface area contributed by atoms with Gasteiger partial charge in [0.2, 0.25) is 0 Å². The number of rotatable bonds is 3. The minimum absolute atomic E-state index is 0.206. The van der Waals surface area contributed by atoms with E-state index in [2.05, 4.69) is 11.0 Å². The molecule has 108 valence electrons. The van der Waals surface area contributed by atoms with Crippen molar-refractivity contribution in [3.63, 3.8) is 0 Å². The second kappa shape index (κ2) is 5.88. The first-order valence-electron chi connectivity index (χ1n) is 7.59. The lowest BCUT2D eigenvalue weighted by atomic mass is 9.86. The average molecular weight is 273 g/mol. The molecule has 3 heteroatoms. The van der Waals surface area contributed by atoms with E-state index >= 15 is 0 Å². The van der Waals surface area contributed by atoms with Crippen LogP contribution < -0.4 is 4.74 Å². The molecule has 2 fully saturated rings. The van der Waals surface area contributed by atoms with E-state index in [1.54, 1.807) is 18.7 Å². The number of hydrogen-bond acceptors (Lipinski definition) is 3. The number of benzene rings is 1. The lowest BCUT2D eigenvalue weighted by Crippen LogP contribution is -2.46. The maximum absolute atomic E-state index is 9.67. The number of nitrogens with zero attached hydrogens (tertiary/aromatic N) is 1. The van der Waals surface area contributed by atoms with Gasteiger partial charge in [-0.3, -0.25) is 4.90 Å². The van der Waals surface area contributed by atoms with Gasteiger partial charge in [0, 0.05) is 6.04 Å². The largest absolute Gasteiger partial charge is 0.504 e. The number of ether oxygens (including phenoxy) is 1. The zero-order valence-electron chi connectivity index (χ0n) is 12.1. The molecule has 0 spiro atoms. The smallest absolute Gasteiger partial charge is 0.161 e. The number of methoxy groups -OCH3 is 1. The van der Waals surface area contributed by atoms with Gasteiger partial charge in [-0.15, -0.1) is 0 Å². The fraction of sp³-hybridized carbons (Fsp3) is 0.529. The highest BCUT2D eigenvalue weighted by Crippen LogP contribution is 2.33. The lowest BCUT2D eigenvalue weighted by molar-refractivity contribution is 0.121. The Morgan fingerprint density at radius 2 is 2.10 bits per heavy atom. The van der Waals surface area contributed by atoms with Crippen molar-refractivity contribution in [3.8, 4) is 11.5 Å². The van der Waals surface area contributed by atoms with Gasteiger partial charge in [-0.1, -0.05) is 24.1 Å². The maximum Gasteiger partial charge on any atom is 0.161 e. The van der Waals surface area contributed by atoms with Crippen LogP contribution in [0.2, 0.25) is 0 Å². The fourth-order valence-corrected chi connectivity index (χ4v) is 3.25. The molecule has 1 saturated carbocycles. The fourth-order valence-electron chi connectivity index (χ4n) is 3.25. The number of aromatic hydroxyl groups is 1. The van der Waals surface area contributed by atoms with Gasteiger partial charge in [-0.05, 0) is 56.5 Å². The summed E-state index contributed by atoms with van der Waals surface area (Å²) in [6, 6.07) is 6.24. The predicted molar refractivity (Wildman–Crippen MR) is 81.1 cm³/mol. The second-order valence-corrected chi connectivity index (χ2v) is 5.80. The van der Waals surface area contributed by atoms with E-state index in [0.717, 1.165) is 5.56 Å². The van der Waals surface area contributed by atoms with E-state index in [-0.39, 0.29) is 5.75 Å². The molecule has 1 aromatic rings. The highest BCUT2D eigenvalue weighted by molar-refractivity contribution is 5.59. The van der Waals surface area contributed by atoms with E-state index in [1.807, 2.05) is 12.1 Å². The lowest BCUT2D eigenvalue weighted by Gasteiger charge is -2.42. The van der Waals surface area contributed by atoms with Crippen molar-refractivity contribution in [2.45, 2.75) is 38.1 Å². The Bertz CT molecular complexity index is 506. The summed E-state index contributed by atoms with van der Waals surface area (Å²) in [5.74, 6) is 0.758. The molecular formula is C17H23NO2. The first kappa shape index (κ1) is 13.5. The van der Waals surface area contributed by atoms with Crippen LogP contribution in [0.5, 0.6) is 11.5 Å². The number of phenolic OH excluding ortho intramolecular Hbond substituents is 1. The summed E-state index contributed by atoms with van der Waals surface area (Å²) >= 11 is 0. The van der Waals surface area contributed by atoms with Gasteiger partial charge in [0.25, 0.3) is 0 Å². The van der Waals surface area contributed by atoms with Crippen LogP contribution in [0.3, 0.4) is 0 Å². The highest BCUT2D eigenvalue weighted by Gasteiger charge is 2.28. The Morgan fingerprint density at radius 1 is 1.25 bits per heavy atom. The highest BCUT2D eigenvalue weighted by atomic mass is 16.5. The van der Waals surface area contributed by atoms with Crippen LogP contribution in [-0.4, -0.2) is 36.2 Å². The van der Waals surface area contributed by atoms with Crippen LogP contribution in [0.1, 0.15) is 37.7 Å². The van der Waals surface area contributed by atoms with Crippen LogP contribution in [0.4, 0.5) is 0 Å². The molecule has 2 aliphatic rings. The Labute approximate surface area is 120 Å². The second-order valence-electron chi connectivity index (χ2n) is 5.80. The van der Waals surface area contributed by atoms with Crippen molar-refractivity contribution >= 4 is 6.08 Å². The minimum Gasteiger partial charge on any atom is -0.504 e. The van der Waals surface area contributed by atoms with E-state index in [0.29, 0.717) is 11.8 Å². The van der Waals surface area contributed by atoms with Crippen molar-refractivity contribution in [2.24, 2.45) is 0 Å². The molecule has 1 saturated heterocycles. The normalized spacial score (nSPS) is 25.4. The first-order chi connectivity index (χ1) is 9.78.